The van der Waals surface area contributed by atoms with Gasteiger partial charge in [0.2, 0.25) is 5.91 Å². The number of aliphatic hydroxyl groups is 1. The van der Waals surface area contributed by atoms with E-state index in [1.54, 1.807) is 0 Å². The molecule has 0 aromatic rings. The van der Waals surface area contributed by atoms with Crippen molar-refractivity contribution in [2.75, 3.05) is 13.2 Å². The molecule has 2 aliphatic rings. The Morgan fingerprint density at radius 1 is 1.54 bits per heavy atom. The zero-order valence-corrected chi connectivity index (χ0v) is 7.09. The maximum Gasteiger partial charge on any atom is 0.267 e. The van der Waals surface area contributed by atoms with Crippen molar-refractivity contribution in [3.63, 3.8) is 0 Å². The first-order valence-corrected chi connectivity index (χ1v) is 4.28. The Balaban J connectivity index is 2.29. The van der Waals surface area contributed by atoms with Crippen LogP contribution in [-0.4, -0.2) is 40.5 Å². The zero-order chi connectivity index (χ0) is 9.69. The summed E-state index contributed by atoms with van der Waals surface area (Å²) in [6, 6.07) is 0. The van der Waals surface area contributed by atoms with Crippen molar-refractivity contribution in [1.82, 2.24) is 4.90 Å². The van der Waals surface area contributed by atoms with Crippen LogP contribution in [0.3, 0.4) is 0 Å². The second kappa shape index (κ2) is 2.41. The van der Waals surface area contributed by atoms with Gasteiger partial charge in [-0.15, -0.1) is 0 Å². The van der Waals surface area contributed by atoms with Crippen molar-refractivity contribution in [3.8, 4) is 0 Å². The summed E-state index contributed by atoms with van der Waals surface area (Å²) in [5.74, 6) is -3.08. The highest BCUT2D eigenvalue weighted by Gasteiger charge is 2.58. The minimum atomic E-state index is -2.82. The van der Waals surface area contributed by atoms with Gasteiger partial charge in [-0.2, -0.15) is 0 Å². The molecule has 0 aromatic heterocycles. The number of alkyl halides is 2. The minimum absolute atomic E-state index is 0.258. The Morgan fingerprint density at radius 2 is 2.23 bits per heavy atom. The molecule has 2 aliphatic heterocycles. The van der Waals surface area contributed by atoms with Crippen LogP contribution in [-0.2, 0) is 4.79 Å². The Kier molecular flexibility index (Phi) is 1.64. The van der Waals surface area contributed by atoms with Crippen molar-refractivity contribution in [1.29, 1.82) is 0 Å². The summed E-state index contributed by atoms with van der Waals surface area (Å²) in [7, 11) is 0. The molecule has 2 fully saturated rings. The molecule has 0 aromatic carbocycles. The highest BCUT2D eigenvalue weighted by Crippen LogP contribution is 2.45. The van der Waals surface area contributed by atoms with Crippen molar-refractivity contribution in [2.45, 2.75) is 30.7 Å². The molecule has 2 rings (SSSR count). The monoisotopic (exact) mass is 191 g/mol. The van der Waals surface area contributed by atoms with Crippen LogP contribution in [0.4, 0.5) is 8.78 Å². The number of nitrogens with zero attached hydrogens (tertiary/aromatic N) is 1. The molecule has 2 saturated heterocycles. The summed E-state index contributed by atoms with van der Waals surface area (Å²) in [4.78, 5) is 12.3. The fraction of sp³-hybridized carbons (Fsp3) is 0.875. The van der Waals surface area contributed by atoms with E-state index < -0.39 is 18.0 Å². The van der Waals surface area contributed by atoms with Crippen molar-refractivity contribution in [2.24, 2.45) is 0 Å². The molecule has 0 spiro atoms. The predicted octanol–water partition coefficient (Wildman–Crippen LogP) is 0.379. The topological polar surface area (TPSA) is 40.5 Å². The Bertz CT molecular complexity index is 257. The van der Waals surface area contributed by atoms with Gasteiger partial charge in [0.05, 0.1) is 18.7 Å². The zero-order valence-electron chi connectivity index (χ0n) is 7.09. The molecule has 3 nitrogen and oxygen atoms in total. The van der Waals surface area contributed by atoms with Crippen LogP contribution in [0.5, 0.6) is 0 Å². The molecule has 0 radical (unpaired) electrons. The van der Waals surface area contributed by atoms with E-state index in [4.69, 9.17) is 5.11 Å². The smallest absolute Gasteiger partial charge is 0.267 e. The molecule has 0 saturated carbocycles. The Labute approximate surface area is 74.3 Å². The van der Waals surface area contributed by atoms with Crippen LogP contribution in [0.2, 0.25) is 0 Å². The number of halogens is 2. The highest BCUT2D eigenvalue weighted by atomic mass is 19.3. The van der Waals surface area contributed by atoms with Gasteiger partial charge in [0.15, 0.2) is 0 Å². The lowest BCUT2D eigenvalue weighted by Gasteiger charge is -2.28. The number of fused-ring (bicyclic) bond motifs is 1. The van der Waals surface area contributed by atoms with E-state index in [9.17, 15) is 13.6 Å². The average molecular weight is 191 g/mol. The average Bonchev–Trinajstić information content (AvgIpc) is 2.47. The Morgan fingerprint density at radius 3 is 2.77 bits per heavy atom. The first-order valence-electron chi connectivity index (χ1n) is 4.28. The number of rotatable bonds is 1. The van der Waals surface area contributed by atoms with Crippen LogP contribution >= 0.6 is 0 Å². The van der Waals surface area contributed by atoms with E-state index in [0.717, 1.165) is 4.90 Å². The fourth-order valence-electron chi connectivity index (χ4n) is 2.30. The summed E-state index contributed by atoms with van der Waals surface area (Å²) >= 11 is 0. The molecule has 1 amide bonds. The predicted molar refractivity (Wildman–Crippen MR) is 40.3 cm³/mol. The number of hydrogen-bond donors (Lipinski definition) is 1. The molecule has 0 aliphatic carbocycles. The molecule has 1 N–H and O–H groups in total. The third-order valence-electron chi connectivity index (χ3n) is 2.95. The van der Waals surface area contributed by atoms with Crippen LogP contribution < -0.4 is 0 Å². The SMILES string of the molecule is O=C1CC[C@@]2(CO)CC(F)(F)CN12. The van der Waals surface area contributed by atoms with Crippen molar-refractivity contribution < 1.29 is 18.7 Å². The summed E-state index contributed by atoms with van der Waals surface area (Å²) < 4.78 is 25.9. The molecule has 1 atom stereocenters. The Hall–Kier alpha value is -0.710. The first kappa shape index (κ1) is 8.87. The van der Waals surface area contributed by atoms with Gasteiger partial charge < -0.3 is 10.0 Å². The second-order valence-corrected chi connectivity index (χ2v) is 3.90. The van der Waals surface area contributed by atoms with E-state index in [2.05, 4.69) is 0 Å². The van der Waals surface area contributed by atoms with E-state index in [0.29, 0.717) is 6.42 Å². The van der Waals surface area contributed by atoms with Crippen LogP contribution in [0.25, 0.3) is 0 Å². The molecule has 0 unspecified atom stereocenters. The lowest BCUT2D eigenvalue weighted by molar-refractivity contribution is -0.131. The van der Waals surface area contributed by atoms with Gasteiger partial charge in [0.25, 0.3) is 5.92 Å². The quantitative estimate of drug-likeness (QED) is 0.650. The third-order valence-corrected chi connectivity index (χ3v) is 2.95. The van der Waals surface area contributed by atoms with Crippen LogP contribution in [0.1, 0.15) is 19.3 Å². The first-order chi connectivity index (χ1) is 5.99. The van der Waals surface area contributed by atoms with E-state index in [1.165, 1.54) is 0 Å². The largest absolute Gasteiger partial charge is 0.394 e. The molecular weight excluding hydrogens is 180 g/mol. The summed E-state index contributed by atoms with van der Waals surface area (Å²) in [6.07, 6.45) is 0.261. The number of amides is 1. The highest BCUT2D eigenvalue weighted by molar-refractivity contribution is 5.80. The van der Waals surface area contributed by atoms with Crippen molar-refractivity contribution in [3.05, 3.63) is 0 Å². The maximum absolute atomic E-state index is 13.0. The summed E-state index contributed by atoms with van der Waals surface area (Å²) in [5, 5.41) is 9.05. The van der Waals surface area contributed by atoms with E-state index in [-0.39, 0.29) is 25.4 Å². The summed E-state index contributed by atoms with van der Waals surface area (Å²) in [5.41, 5.74) is -0.958. The maximum atomic E-state index is 13.0. The molecule has 2 heterocycles. The molecule has 74 valence electrons. The molecule has 0 bridgehead atoms. The number of carbonyl (C=O) groups is 1. The summed E-state index contributed by atoms with van der Waals surface area (Å²) in [6.45, 7) is -0.874. The van der Waals surface area contributed by atoms with Gasteiger partial charge in [-0.25, -0.2) is 8.78 Å². The van der Waals surface area contributed by atoms with Gasteiger partial charge in [0.1, 0.15) is 0 Å². The third kappa shape index (κ3) is 1.14. The number of carbonyl (C=O) groups excluding carboxylic acids is 1. The van der Waals surface area contributed by atoms with Gasteiger partial charge in [0, 0.05) is 12.8 Å². The lowest BCUT2D eigenvalue weighted by Crippen LogP contribution is -2.43. The molecular formula is C8H11F2NO2. The van der Waals surface area contributed by atoms with Crippen LogP contribution in [0.15, 0.2) is 0 Å². The van der Waals surface area contributed by atoms with Gasteiger partial charge in [-0.1, -0.05) is 0 Å². The standard InChI is InChI=1S/C8H11F2NO2/c9-8(10)3-7(5-12)2-1-6(13)11(7)4-8/h12H,1-5H2/t7-/m0/s1. The lowest BCUT2D eigenvalue weighted by atomic mass is 9.94. The van der Waals surface area contributed by atoms with E-state index in [1.807, 2.05) is 0 Å². The van der Waals surface area contributed by atoms with Crippen molar-refractivity contribution >= 4 is 5.91 Å². The normalized spacial score (nSPS) is 36.8. The van der Waals surface area contributed by atoms with Gasteiger partial charge in [-0.3, -0.25) is 4.79 Å². The van der Waals surface area contributed by atoms with Gasteiger partial charge >= 0.3 is 0 Å². The van der Waals surface area contributed by atoms with E-state index >= 15 is 0 Å². The fourth-order valence-corrected chi connectivity index (χ4v) is 2.30. The minimum Gasteiger partial charge on any atom is -0.394 e. The number of aliphatic hydroxyl groups excluding tert-OH is 1. The molecule has 13 heavy (non-hydrogen) atoms. The second-order valence-electron chi connectivity index (χ2n) is 3.90. The van der Waals surface area contributed by atoms with Crippen LogP contribution in [0, 0.1) is 0 Å². The van der Waals surface area contributed by atoms with Gasteiger partial charge in [-0.05, 0) is 6.42 Å². The number of hydrogen-bond acceptors (Lipinski definition) is 2. The molecule has 5 heteroatoms.